The Kier molecular flexibility index (Phi) is 5.88. The van der Waals surface area contributed by atoms with Gasteiger partial charge in [0.15, 0.2) is 0 Å². The van der Waals surface area contributed by atoms with Crippen LogP contribution < -0.4 is 10.1 Å². The molecule has 0 aliphatic carbocycles. The van der Waals surface area contributed by atoms with Crippen molar-refractivity contribution in [1.29, 1.82) is 0 Å². The van der Waals surface area contributed by atoms with E-state index >= 15 is 0 Å². The van der Waals surface area contributed by atoms with E-state index in [4.69, 9.17) is 16.3 Å². The monoisotopic (exact) mass is 371 g/mol. The van der Waals surface area contributed by atoms with E-state index in [1.165, 1.54) is 12.1 Å². The van der Waals surface area contributed by atoms with Gasteiger partial charge in [0, 0.05) is 16.7 Å². The van der Waals surface area contributed by atoms with Gasteiger partial charge >= 0.3 is 0 Å². The number of benzene rings is 2. The SMILES string of the molecule is CCCOc1ccc(NCc2ccc(F)cc2Br)cc1Cl. The summed E-state index contributed by atoms with van der Waals surface area (Å²) in [4.78, 5) is 0. The van der Waals surface area contributed by atoms with Crippen molar-refractivity contribution < 1.29 is 9.13 Å². The normalized spacial score (nSPS) is 10.5. The minimum Gasteiger partial charge on any atom is -0.492 e. The maximum Gasteiger partial charge on any atom is 0.138 e. The minimum atomic E-state index is -0.258. The largest absolute Gasteiger partial charge is 0.492 e. The van der Waals surface area contributed by atoms with E-state index in [1.54, 1.807) is 6.07 Å². The quantitative estimate of drug-likeness (QED) is 0.708. The third kappa shape index (κ3) is 4.61. The van der Waals surface area contributed by atoms with Gasteiger partial charge in [0.05, 0.1) is 11.6 Å². The zero-order valence-corrected chi connectivity index (χ0v) is 14.0. The molecule has 1 N–H and O–H groups in total. The second-order valence-corrected chi connectivity index (χ2v) is 5.84. The molecular formula is C16H16BrClFNO. The van der Waals surface area contributed by atoms with E-state index < -0.39 is 0 Å². The van der Waals surface area contributed by atoms with E-state index in [-0.39, 0.29) is 5.82 Å². The van der Waals surface area contributed by atoms with Crippen LogP contribution in [0.5, 0.6) is 5.75 Å². The van der Waals surface area contributed by atoms with Gasteiger partial charge < -0.3 is 10.1 Å². The van der Waals surface area contributed by atoms with Crippen molar-refractivity contribution >= 4 is 33.2 Å². The van der Waals surface area contributed by atoms with Gasteiger partial charge in [-0.05, 0) is 42.3 Å². The van der Waals surface area contributed by atoms with Gasteiger partial charge in [-0.3, -0.25) is 0 Å². The molecule has 0 aromatic heterocycles. The second kappa shape index (κ2) is 7.66. The Morgan fingerprint density at radius 1 is 1.24 bits per heavy atom. The van der Waals surface area contributed by atoms with Gasteiger partial charge in [0.1, 0.15) is 11.6 Å². The molecule has 0 amide bonds. The Hall–Kier alpha value is -1.26. The molecule has 21 heavy (non-hydrogen) atoms. The number of rotatable bonds is 6. The molecule has 0 heterocycles. The zero-order chi connectivity index (χ0) is 15.2. The summed E-state index contributed by atoms with van der Waals surface area (Å²) in [6.07, 6.45) is 0.939. The van der Waals surface area contributed by atoms with Crippen LogP contribution in [0.25, 0.3) is 0 Å². The number of halogens is 3. The highest BCUT2D eigenvalue weighted by Gasteiger charge is 2.05. The average Bonchev–Trinajstić information content (AvgIpc) is 2.45. The van der Waals surface area contributed by atoms with Crippen LogP contribution in [-0.2, 0) is 6.54 Å². The van der Waals surface area contributed by atoms with Crippen molar-refractivity contribution in [2.45, 2.75) is 19.9 Å². The minimum absolute atomic E-state index is 0.258. The molecule has 0 aliphatic heterocycles. The van der Waals surface area contributed by atoms with Crippen LogP contribution >= 0.6 is 27.5 Å². The van der Waals surface area contributed by atoms with Crippen LogP contribution in [0.15, 0.2) is 40.9 Å². The number of hydrogen-bond acceptors (Lipinski definition) is 2. The fourth-order valence-electron chi connectivity index (χ4n) is 1.80. The topological polar surface area (TPSA) is 21.3 Å². The molecule has 5 heteroatoms. The van der Waals surface area contributed by atoms with Crippen molar-refractivity contribution in [3.63, 3.8) is 0 Å². The highest BCUT2D eigenvalue weighted by Crippen LogP contribution is 2.28. The first-order valence-corrected chi connectivity index (χ1v) is 7.87. The van der Waals surface area contributed by atoms with Gasteiger partial charge in [0.25, 0.3) is 0 Å². The predicted octanol–water partition coefficient (Wildman–Crippen LogP) is 5.64. The summed E-state index contributed by atoms with van der Waals surface area (Å²) in [5, 5.41) is 3.83. The van der Waals surface area contributed by atoms with Crippen molar-refractivity contribution in [1.82, 2.24) is 0 Å². The molecule has 0 saturated heterocycles. The molecule has 2 aromatic carbocycles. The third-order valence-corrected chi connectivity index (χ3v) is 3.93. The summed E-state index contributed by atoms with van der Waals surface area (Å²) < 4.78 is 19.3. The summed E-state index contributed by atoms with van der Waals surface area (Å²) >= 11 is 9.52. The van der Waals surface area contributed by atoms with Gasteiger partial charge in [-0.15, -0.1) is 0 Å². The van der Waals surface area contributed by atoms with E-state index in [9.17, 15) is 4.39 Å². The maximum absolute atomic E-state index is 13.0. The molecule has 0 bridgehead atoms. The van der Waals surface area contributed by atoms with Gasteiger partial charge in [0.2, 0.25) is 0 Å². The van der Waals surface area contributed by atoms with Crippen LogP contribution in [0.3, 0.4) is 0 Å². The molecule has 2 aromatic rings. The molecule has 0 radical (unpaired) electrons. The molecule has 2 rings (SSSR count). The van der Waals surface area contributed by atoms with Crippen LogP contribution in [0.4, 0.5) is 10.1 Å². The summed E-state index contributed by atoms with van der Waals surface area (Å²) in [6, 6.07) is 10.2. The van der Waals surface area contributed by atoms with Crippen molar-refractivity contribution in [2.75, 3.05) is 11.9 Å². The standard InChI is InChI=1S/C16H16BrClFNO/c1-2-7-21-16-6-5-13(9-15(16)18)20-10-11-3-4-12(19)8-14(11)17/h3-6,8-9,20H,2,7,10H2,1H3. The van der Waals surface area contributed by atoms with Crippen molar-refractivity contribution in [3.8, 4) is 5.75 Å². The van der Waals surface area contributed by atoms with Crippen molar-refractivity contribution in [2.24, 2.45) is 0 Å². The second-order valence-electron chi connectivity index (χ2n) is 4.58. The Morgan fingerprint density at radius 3 is 2.71 bits per heavy atom. The highest BCUT2D eigenvalue weighted by atomic mass is 79.9. The van der Waals surface area contributed by atoms with Gasteiger partial charge in [-0.2, -0.15) is 0 Å². The van der Waals surface area contributed by atoms with Gasteiger partial charge in [-0.1, -0.05) is 40.5 Å². The molecule has 0 fully saturated rings. The van der Waals surface area contributed by atoms with E-state index in [2.05, 4.69) is 21.2 Å². The first-order chi connectivity index (χ1) is 10.1. The number of nitrogens with one attached hydrogen (secondary N) is 1. The molecule has 0 aliphatic rings. The maximum atomic E-state index is 13.0. The van der Waals surface area contributed by atoms with Crippen LogP contribution in [-0.4, -0.2) is 6.61 Å². The summed E-state index contributed by atoms with van der Waals surface area (Å²) in [5.74, 6) is 0.429. The number of hydrogen-bond donors (Lipinski definition) is 1. The third-order valence-electron chi connectivity index (χ3n) is 2.89. The van der Waals surface area contributed by atoms with Crippen molar-refractivity contribution in [3.05, 3.63) is 57.3 Å². The average molecular weight is 373 g/mol. The van der Waals surface area contributed by atoms with Crippen LogP contribution in [0.2, 0.25) is 5.02 Å². The lowest BCUT2D eigenvalue weighted by Gasteiger charge is -2.11. The fraction of sp³-hybridized carbons (Fsp3) is 0.250. The molecule has 2 nitrogen and oxygen atoms in total. The zero-order valence-electron chi connectivity index (χ0n) is 11.6. The highest BCUT2D eigenvalue weighted by molar-refractivity contribution is 9.10. The first kappa shape index (κ1) is 16.1. The molecule has 0 spiro atoms. The Morgan fingerprint density at radius 2 is 2.05 bits per heavy atom. The van der Waals surface area contributed by atoms with E-state index in [0.717, 1.165) is 22.1 Å². The summed E-state index contributed by atoms with van der Waals surface area (Å²) in [7, 11) is 0. The smallest absolute Gasteiger partial charge is 0.138 e. The summed E-state index contributed by atoms with van der Waals surface area (Å²) in [5.41, 5.74) is 1.86. The molecule has 112 valence electrons. The Bertz CT molecular complexity index is 621. The van der Waals surface area contributed by atoms with E-state index in [1.807, 2.05) is 25.1 Å². The molecule has 0 unspecified atom stereocenters. The fourth-order valence-corrected chi connectivity index (χ4v) is 2.53. The van der Waals surface area contributed by atoms with Crippen LogP contribution in [0.1, 0.15) is 18.9 Å². The Labute approximate surface area is 137 Å². The number of ether oxygens (including phenoxy) is 1. The molecule has 0 atom stereocenters. The molecule has 0 saturated carbocycles. The lowest BCUT2D eigenvalue weighted by atomic mass is 10.2. The number of anilines is 1. The lowest BCUT2D eigenvalue weighted by molar-refractivity contribution is 0.317. The predicted molar refractivity (Wildman–Crippen MR) is 88.7 cm³/mol. The lowest BCUT2D eigenvalue weighted by Crippen LogP contribution is -2.01. The molecular weight excluding hydrogens is 357 g/mol. The van der Waals surface area contributed by atoms with Crippen LogP contribution in [0, 0.1) is 5.82 Å². The first-order valence-electron chi connectivity index (χ1n) is 6.70. The Balaban J connectivity index is 2.01. The van der Waals surface area contributed by atoms with E-state index in [0.29, 0.717) is 23.9 Å². The van der Waals surface area contributed by atoms with Gasteiger partial charge in [-0.25, -0.2) is 4.39 Å². The summed E-state index contributed by atoms with van der Waals surface area (Å²) in [6.45, 7) is 3.27.